The molecule has 0 fully saturated rings. The molecule has 234 valence electrons. The van der Waals surface area contributed by atoms with Crippen molar-refractivity contribution in [1.29, 1.82) is 0 Å². The summed E-state index contributed by atoms with van der Waals surface area (Å²) in [6.07, 6.45) is 0. The van der Waals surface area contributed by atoms with Crippen LogP contribution in [0.4, 0.5) is 17.1 Å². The van der Waals surface area contributed by atoms with Crippen LogP contribution in [0.2, 0.25) is 0 Å². The largest absolute Gasteiger partial charge is 0.309 e. The van der Waals surface area contributed by atoms with Crippen molar-refractivity contribution < 1.29 is 0 Å². The average molecular weight is 673 g/mol. The molecular weight excluding hydrogens is 645 g/mol. The lowest BCUT2D eigenvalue weighted by Gasteiger charge is -2.26. The maximum Gasteiger partial charge on any atom is 0.0640 e. The van der Waals surface area contributed by atoms with E-state index < -0.39 is 0 Å². The molecule has 0 amide bonds. The van der Waals surface area contributed by atoms with Gasteiger partial charge in [0.1, 0.15) is 0 Å². The fourth-order valence-electron chi connectivity index (χ4n) is 7.88. The molecule has 0 radical (unpaired) electrons. The van der Waals surface area contributed by atoms with Gasteiger partial charge in [-0.15, -0.1) is 22.7 Å². The van der Waals surface area contributed by atoms with E-state index in [1.165, 1.54) is 78.6 Å². The smallest absolute Gasteiger partial charge is 0.0640 e. The zero-order valence-corrected chi connectivity index (χ0v) is 28.5. The fourth-order valence-corrected chi connectivity index (χ4v) is 10.3. The number of benzene rings is 8. The third kappa shape index (κ3) is 4.13. The second-order valence-electron chi connectivity index (χ2n) is 13.0. The number of hydrogen-bond donors (Lipinski definition) is 0. The van der Waals surface area contributed by atoms with Crippen LogP contribution in [0, 0.1) is 0 Å². The first-order valence-electron chi connectivity index (χ1n) is 16.9. The van der Waals surface area contributed by atoms with Crippen LogP contribution in [0.15, 0.2) is 170 Å². The zero-order chi connectivity index (χ0) is 32.8. The number of para-hydroxylation sites is 2. The topological polar surface area (TPSA) is 8.17 Å². The quantitative estimate of drug-likeness (QED) is 0.181. The number of aromatic nitrogens is 1. The van der Waals surface area contributed by atoms with E-state index in [0.717, 1.165) is 17.1 Å². The summed E-state index contributed by atoms with van der Waals surface area (Å²) in [6, 6.07) is 62.5. The predicted molar refractivity (Wildman–Crippen MR) is 219 cm³/mol. The molecule has 0 bridgehead atoms. The number of thiophene rings is 2. The summed E-state index contributed by atoms with van der Waals surface area (Å²) < 4.78 is 7.62. The van der Waals surface area contributed by atoms with Crippen LogP contribution in [0.1, 0.15) is 0 Å². The maximum absolute atomic E-state index is 2.48. The van der Waals surface area contributed by atoms with Crippen LogP contribution < -0.4 is 4.90 Å². The molecule has 0 unspecified atom stereocenters. The Kier molecular flexibility index (Phi) is 6.03. The minimum Gasteiger partial charge on any atom is -0.309 e. The summed E-state index contributed by atoms with van der Waals surface area (Å²) >= 11 is 3.76. The lowest BCUT2D eigenvalue weighted by atomic mass is 10.1. The van der Waals surface area contributed by atoms with Crippen molar-refractivity contribution in [1.82, 2.24) is 4.57 Å². The SMILES string of the molecule is c1ccc(-n2c3ccccc3c3ccc(N(c4ccc5c(c4)sc4cc6ccccc6cc45)c4cccc5c4sc4ccccc45)cc32)cc1. The molecule has 3 aromatic heterocycles. The van der Waals surface area contributed by atoms with Crippen molar-refractivity contribution in [2.75, 3.05) is 4.90 Å². The molecule has 0 saturated heterocycles. The second-order valence-corrected chi connectivity index (χ2v) is 15.1. The summed E-state index contributed by atoms with van der Waals surface area (Å²) in [6.45, 7) is 0. The Hall–Kier alpha value is -5.94. The van der Waals surface area contributed by atoms with E-state index in [1.54, 1.807) is 0 Å². The van der Waals surface area contributed by atoms with Crippen LogP contribution in [0.5, 0.6) is 0 Å². The van der Waals surface area contributed by atoms with Crippen LogP contribution >= 0.6 is 22.7 Å². The van der Waals surface area contributed by atoms with Gasteiger partial charge in [-0.3, -0.25) is 0 Å². The maximum atomic E-state index is 2.48. The normalized spacial score (nSPS) is 12.0. The molecule has 0 aliphatic rings. The molecule has 4 heteroatoms. The molecule has 3 heterocycles. The number of nitrogens with zero attached hydrogens (tertiary/aromatic N) is 2. The third-order valence-corrected chi connectivity index (χ3v) is 12.5. The Morgan fingerprint density at radius 1 is 0.380 bits per heavy atom. The first-order chi connectivity index (χ1) is 24.8. The molecule has 0 aliphatic heterocycles. The predicted octanol–water partition coefficient (Wildman–Crippen LogP) is 14.1. The van der Waals surface area contributed by atoms with Crippen molar-refractivity contribution in [3.05, 3.63) is 170 Å². The van der Waals surface area contributed by atoms with Gasteiger partial charge in [0.25, 0.3) is 0 Å². The monoisotopic (exact) mass is 672 g/mol. The van der Waals surface area contributed by atoms with E-state index in [4.69, 9.17) is 0 Å². The van der Waals surface area contributed by atoms with E-state index in [0.29, 0.717) is 0 Å². The van der Waals surface area contributed by atoms with E-state index >= 15 is 0 Å². The first-order valence-corrected chi connectivity index (χ1v) is 18.6. The van der Waals surface area contributed by atoms with Gasteiger partial charge in [-0.1, -0.05) is 103 Å². The highest BCUT2D eigenvalue weighted by molar-refractivity contribution is 7.26. The zero-order valence-electron chi connectivity index (χ0n) is 26.9. The van der Waals surface area contributed by atoms with Crippen LogP contribution in [0.3, 0.4) is 0 Å². The van der Waals surface area contributed by atoms with Crippen LogP contribution in [-0.4, -0.2) is 4.57 Å². The van der Waals surface area contributed by atoms with E-state index in [-0.39, 0.29) is 0 Å². The molecule has 0 spiro atoms. The third-order valence-electron chi connectivity index (χ3n) is 10.1. The van der Waals surface area contributed by atoms with Gasteiger partial charge in [-0.2, -0.15) is 0 Å². The van der Waals surface area contributed by atoms with Crippen molar-refractivity contribution in [3.63, 3.8) is 0 Å². The highest BCUT2D eigenvalue weighted by atomic mass is 32.1. The highest BCUT2D eigenvalue weighted by Gasteiger charge is 2.21. The minimum absolute atomic E-state index is 1.13. The molecule has 50 heavy (non-hydrogen) atoms. The van der Waals surface area contributed by atoms with Crippen molar-refractivity contribution >= 4 is 113 Å². The van der Waals surface area contributed by atoms with Crippen molar-refractivity contribution in [2.45, 2.75) is 0 Å². The van der Waals surface area contributed by atoms with Gasteiger partial charge in [-0.25, -0.2) is 0 Å². The molecule has 8 aromatic carbocycles. The van der Waals surface area contributed by atoms with Gasteiger partial charge < -0.3 is 9.47 Å². The molecule has 0 atom stereocenters. The Morgan fingerprint density at radius 2 is 1.02 bits per heavy atom. The second kappa shape index (κ2) is 10.8. The van der Waals surface area contributed by atoms with E-state index in [1.807, 2.05) is 22.7 Å². The minimum atomic E-state index is 1.13. The summed E-state index contributed by atoms with van der Waals surface area (Å²) in [5, 5.41) is 10.3. The van der Waals surface area contributed by atoms with E-state index in [9.17, 15) is 0 Å². The van der Waals surface area contributed by atoms with Gasteiger partial charge >= 0.3 is 0 Å². The van der Waals surface area contributed by atoms with Gasteiger partial charge in [0.15, 0.2) is 0 Å². The Balaban J connectivity index is 1.20. The van der Waals surface area contributed by atoms with Crippen LogP contribution in [0.25, 0.3) is 78.6 Å². The molecule has 0 N–H and O–H groups in total. The molecule has 2 nitrogen and oxygen atoms in total. The average Bonchev–Trinajstić information content (AvgIpc) is 3.83. The fraction of sp³-hybridized carbons (Fsp3) is 0. The number of rotatable bonds is 4. The van der Waals surface area contributed by atoms with Crippen molar-refractivity contribution in [2.24, 2.45) is 0 Å². The van der Waals surface area contributed by atoms with Crippen LogP contribution in [-0.2, 0) is 0 Å². The summed E-state index contributed by atoms with van der Waals surface area (Å²) in [5.41, 5.74) is 7.04. The number of anilines is 3. The van der Waals surface area contributed by atoms with Gasteiger partial charge in [0, 0.05) is 63.5 Å². The Morgan fingerprint density at radius 3 is 1.90 bits per heavy atom. The lowest BCUT2D eigenvalue weighted by Crippen LogP contribution is -2.10. The van der Waals surface area contributed by atoms with Gasteiger partial charge in [-0.05, 0) is 77.5 Å². The van der Waals surface area contributed by atoms with E-state index in [2.05, 4.69) is 179 Å². The molecular formula is C46H28N2S2. The summed E-state index contributed by atoms with van der Waals surface area (Å²) in [7, 11) is 0. The molecule has 11 aromatic rings. The Labute approximate surface area is 296 Å². The molecule has 0 saturated carbocycles. The molecule has 11 rings (SSSR count). The first kappa shape index (κ1) is 28.0. The Bertz CT molecular complexity index is 3110. The highest BCUT2D eigenvalue weighted by Crippen LogP contribution is 2.47. The molecule has 0 aliphatic carbocycles. The number of fused-ring (bicyclic) bond motifs is 10. The standard InChI is InChI=1S/C46H28N2S2/c1-2-13-31(14-3-1)48-40-18-8-6-15-34(40)35-23-21-32(27-42(35)48)47(41-19-10-17-38-36-16-7-9-20-43(36)50-46(38)41)33-22-24-37-39-25-29-11-4-5-12-30(29)26-44(39)49-45(37)28-33/h1-28H. The summed E-state index contributed by atoms with van der Waals surface area (Å²) in [5.74, 6) is 0. The van der Waals surface area contributed by atoms with Crippen molar-refractivity contribution in [3.8, 4) is 5.69 Å². The number of hydrogen-bond acceptors (Lipinski definition) is 3. The lowest BCUT2D eigenvalue weighted by molar-refractivity contribution is 1.18. The van der Waals surface area contributed by atoms with Gasteiger partial charge in [0.2, 0.25) is 0 Å². The summed E-state index contributed by atoms with van der Waals surface area (Å²) in [4.78, 5) is 2.48. The van der Waals surface area contributed by atoms with Gasteiger partial charge in [0.05, 0.1) is 21.4 Å².